The molecule has 9 heteroatoms. The Hall–Kier alpha value is -3.01. The quantitative estimate of drug-likeness (QED) is 0.405. The van der Waals surface area contributed by atoms with Crippen LogP contribution in [0.15, 0.2) is 59.5 Å². The average Bonchev–Trinajstić information content (AvgIpc) is 3.23. The van der Waals surface area contributed by atoms with Crippen LogP contribution in [-0.2, 0) is 25.0 Å². The van der Waals surface area contributed by atoms with Crippen LogP contribution in [0.1, 0.15) is 44.0 Å². The van der Waals surface area contributed by atoms with Crippen molar-refractivity contribution < 1.29 is 17.9 Å². The lowest BCUT2D eigenvalue weighted by atomic mass is 9.92. The number of carbonyl (C=O) groups is 1. The van der Waals surface area contributed by atoms with Crippen molar-refractivity contribution in [1.29, 1.82) is 0 Å². The summed E-state index contributed by atoms with van der Waals surface area (Å²) in [5, 5.41) is 7.67. The Bertz CT molecular complexity index is 1290. The minimum Gasteiger partial charge on any atom is -0.385 e. The van der Waals surface area contributed by atoms with E-state index in [1.54, 1.807) is 36.1 Å². The zero-order valence-corrected chi connectivity index (χ0v) is 22.7. The smallest absolute Gasteiger partial charge is 0.243 e. The van der Waals surface area contributed by atoms with E-state index in [0.29, 0.717) is 18.8 Å². The standard InChI is InChI=1S/C27H36N4O4S/c1-20-12-14-22(15-13-20)36(33,34)30(16-9-17-35-6)19-26(32)28-25-18-24(27(3,4)5)29-31(25)23-11-8-7-10-21(23)2/h7-8,10-15,18H,9,16-17,19H2,1-6H3,(H,28,32). The Balaban J connectivity index is 1.91. The number of benzene rings is 2. The molecule has 0 aliphatic carbocycles. The van der Waals surface area contributed by atoms with Gasteiger partial charge in [0.1, 0.15) is 5.82 Å². The molecule has 1 N–H and O–H groups in total. The van der Waals surface area contributed by atoms with Crippen molar-refractivity contribution in [3.8, 4) is 5.69 Å². The number of anilines is 1. The van der Waals surface area contributed by atoms with Gasteiger partial charge in [0.05, 0.1) is 22.8 Å². The zero-order chi connectivity index (χ0) is 26.5. The molecule has 3 aromatic rings. The fourth-order valence-electron chi connectivity index (χ4n) is 3.69. The van der Waals surface area contributed by atoms with E-state index in [0.717, 1.165) is 22.5 Å². The Labute approximate surface area is 214 Å². The first-order valence-corrected chi connectivity index (χ1v) is 13.4. The van der Waals surface area contributed by atoms with Crippen molar-refractivity contribution in [2.24, 2.45) is 0 Å². The number of para-hydroxylation sites is 1. The van der Waals surface area contributed by atoms with Crippen LogP contribution in [0.5, 0.6) is 0 Å². The number of methoxy groups -OCH3 is 1. The van der Waals surface area contributed by atoms with Crippen molar-refractivity contribution in [2.45, 2.75) is 51.3 Å². The molecular weight excluding hydrogens is 476 g/mol. The number of hydrogen-bond acceptors (Lipinski definition) is 5. The van der Waals surface area contributed by atoms with Crippen molar-refractivity contribution in [2.75, 3.05) is 32.1 Å². The van der Waals surface area contributed by atoms with E-state index in [2.05, 4.69) is 26.1 Å². The van der Waals surface area contributed by atoms with Crippen molar-refractivity contribution in [3.63, 3.8) is 0 Å². The second-order valence-corrected chi connectivity index (χ2v) is 11.8. The van der Waals surface area contributed by atoms with Crippen LogP contribution >= 0.6 is 0 Å². The lowest BCUT2D eigenvalue weighted by Gasteiger charge is -2.22. The fraction of sp³-hybridized carbons (Fsp3) is 0.407. The van der Waals surface area contributed by atoms with Gasteiger partial charge in [-0.25, -0.2) is 13.1 Å². The van der Waals surface area contributed by atoms with E-state index in [9.17, 15) is 13.2 Å². The molecule has 0 saturated carbocycles. The summed E-state index contributed by atoms with van der Waals surface area (Å²) in [5.74, 6) is 0.0436. The summed E-state index contributed by atoms with van der Waals surface area (Å²) in [6.07, 6.45) is 0.462. The molecule has 0 aliphatic heterocycles. The first-order chi connectivity index (χ1) is 16.9. The van der Waals surface area contributed by atoms with Gasteiger partial charge >= 0.3 is 0 Å². The highest BCUT2D eigenvalue weighted by Gasteiger charge is 2.28. The first-order valence-electron chi connectivity index (χ1n) is 12.0. The Kier molecular flexibility index (Phi) is 8.71. The molecule has 0 spiro atoms. The summed E-state index contributed by atoms with van der Waals surface area (Å²) in [6, 6.07) is 16.2. The summed E-state index contributed by atoms with van der Waals surface area (Å²) < 4.78 is 34.8. The van der Waals surface area contributed by atoms with Gasteiger partial charge in [-0.3, -0.25) is 4.79 Å². The normalized spacial score (nSPS) is 12.2. The van der Waals surface area contributed by atoms with Crippen molar-refractivity contribution >= 4 is 21.7 Å². The molecule has 36 heavy (non-hydrogen) atoms. The molecule has 0 fully saturated rings. The predicted molar refractivity (Wildman–Crippen MR) is 142 cm³/mol. The number of nitrogens with one attached hydrogen (secondary N) is 1. The molecular formula is C27H36N4O4S. The minimum absolute atomic E-state index is 0.151. The molecule has 0 radical (unpaired) electrons. The molecule has 1 aromatic heterocycles. The second kappa shape index (κ2) is 11.4. The van der Waals surface area contributed by atoms with Crippen LogP contribution in [-0.4, -0.2) is 55.2 Å². The molecule has 1 heterocycles. The monoisotopic (exact) mass is 512 g/mol. The van der Waals surface area contributed by atoms with Gasteiger partial charge in [-0.05, 0) is 44.0 Å². The number of hydrogen-bond donors (Lipinski definition) is 1. The molecule has 0 saturated heterocycles. The van der Waals surface area contributed by atoms with Crippen molar-refractivity contribution in [3.05, 3.63) is 71.4 Å². The third-order valence-corrected chi connectivity index (χ3v) is 7.68. The van der Waals surface area contributed by atoms with E-state index in [1.165, 1.54) is 4.31 Å². The molecule has 2 aromatic carbocycles. The molecule has 1 amide bonds. The van der Waals surface area contributed by atoms with Gasteiger partial charge < -0.3 is 10.1 Å². The summed E-state index contributed by atoms with van der Waals surface area (Å²) in [4.78, 5) is 13.4. The number of aryl methyl sites for hydroxylation is 2. The third-order valence-electron chi connectivity index (χ3n) is 5.82. The molecule has 8 nitrogen and oxygen atoms in total. The van der Waals surface area contributed by atoms with Crippen LogP contribution in [0.3, 0.4) is 0 Å². The average molecular weight is 513 g/mol. The molecule has 0 aliphatic rings. The Morgan fingerprint density at radius 2 is 1.75 bits per heavy atom. The molecule has 3 rings (SSSR count). The topological polar surface area (TPSA) is 93.5 Å². The highest BCUT2D eigenvalue weighted by molar-refractivity contribution is 7.89. The van der Waals surface area contributed by atoms with Gasteiger partial charge in [0, 0.05) is 31.7 Å². The van der Waals surface area contributed by atoms with Crippen molar-refractivity contribution in [1.82, 2.24) is 14.1 Å². The Morgan fingerprint density at radius 3 is 2.36 bits per heavy atom. The van der Waals surface area contributed by atoms with E-state index in [1.807, 2.05) is 44.2 Å². The number of rotatable bonds is 10. The van der Waals surface area contributed by atoms with Gasteiger partial charge in [-0.2, -0.15) is 9.40 Å². The van der Waals surface area contributed by atoms with Gasteiger partial charge in [0.25, 0.3) is 0 Å². The van der Waals surface area contributed by atoms with Gasteiger partial charge in [0.2, 0.25) is 15.9 Å². The summed E-state index contributed by atoms with van der Waals surface area (Å²) in [7, 11) is -2.32. The van der Waals surface area contributed by atoms with E-state index in [-0.39, 0.29) is 23.4 Å². The van der Waals surface area contributed by atoms with Crippen LogP contribution < -0.4 is 5.32 Å². The number of aromatic nitrogens is 2. The molecule has 0 bridgehead atoms. The van der Waals surface area contributed by atoms with Gasteiger partial charge in [0.15, 0.2) is 0 Å². The van der Waals surface area contributed by atoms with E-state index in [4.69, 9.17) is 9.84 Å². The van der Waals surface area contributed by atoms with Gasteiger partial charge in [-0.15, -0.1) is 0 Å². The zero-order valence-electron chi connectivity index (χ0n) is 21.9. The number of carbonyl (C=O) groups excluding carboxylic acids is 1. The largest absolute Gasteiger partial charge is 0.385 e. The summed E-state index contributed by atoms with van der Waals surface area (Å²) >= 11 is 0. The number of sulfonamides is 1. The molecule has 0 atom stereocenters. The van der Waals surface area contributed by atoms with E-state index >= 15 is 0 Å². The minimum atomic E-state index is -3.88. The number of ether oxygens (including phenoxy) is 1. The lowest BCUT2D eigenvalue weighted by molar-refractivity contribution is -0.116. The van der Waals surface area contributed by atoms with Gasteiger partial charge in [-0.1, -0.05) is 56.7 Å². The maximum Gasteiger partial charge on any atom is 0.243 e. The first kappa shape index (κ1) is 27.6. The maximum absolute atomic E-state index is 13.4. The molecule has 194 valence electrons. The highest BCUT2D eigenvalue weighted by atomic mass is 32.2. The SMILES string of the molecule is COCCCN(CC(=O)Nc1cc(C(C)(C)C)nn1-c1ccccc1C)S(=O)(=O)c1ccc(C)cc1. The maximum atomic E-state index is 13.4. The van der Waals surface area contributed by atoms with Crippen LogP contribution in [0.4, 0.5) is 5.82 Å². The fourth-order valence-corrected chi connectivity index (χ4v) is 5.13. The number of amides is 1. The third kappa shape index (κ3) is 6.60. The number of nitrogens with zero attached hydrogens (tertiary/aromatic N) is 3. The summed E-state index contributed by atoms with van der Waals surface area (Å²) in [6.45, 7) is 10.2. The van der Waals surface area contributed by atoms with Crippen LogP contribution in [0, 0.1) is 13.8 Å². The molecule has 0 unspecified atom stereocenters. The van der Waals surface area contributed by atoms with E-state index < -0.39 is 15.9 Å². The van der Waals surface area contributed by atoms with Crippen LogP contribution in [0.2, 0.25) is 0 Å². The lowest BCUT2D eigenvalue weighted by Crippen LogP contribution is -2.39. The predicted octanol–water partition coefficient (Wildman–Crippen LogP) is 4.45. The highest BCUT2D eigenvalue weighted by Crippen LogP contribution is 2.27. The second-order valence-electron chi connectivity index (χ2n) is 9.91. The van der Waals surface area contributed by atoms with Crippen LogP contribution in [0.25, 0.3) is 5.69 Å². The Morgan fingerprint density at radius 1 is 1.08 bits per heavy atom. The summed E-state index contributed by atoms with van der Waals surface area (Å²) in [5.41, 5.74) is 3.36.